The molecule has 5 rings (SSSR count). The molecular formula is C23H20N6O. The number of benzene rings is 2. The molecule has 2 N–H and O–H groups in total. The maximum absolute atomic E-state index is 6.21. The van der Waals surface area contributed by atoms with E-state index in [1.807, 2.05) is 69.9 Å². The van der Waals surface area contributed by atoms with Crippen LogP contribution in [0.3, 0.4) is 0 Å². The van der Waals surface area contributed by atoms with Gasteiger partial charge in [-0.25, -0.2) is 15.0 Å². The fraction of sp³-hybridized carbons (Fsp3) is 0.0870. The number of aromatic nitrogens is 5. The number of nitrogens with zero attached hydrogens (tertiary/aromatic N) is 5. The number of fused-ring (bicyclic) bond motifs is 1. The molecule has 3 aromatic heterocycles. The highest BCUT2D eigenvalue weighted by atomic mass is 16.5. The minimum atomic E-state index is 0.453. The Bertz CT molecular complexity index is 1260. The Balaban J connectivity index is 1.45. The zero-order chi connectivity index (χ0) is 20.3. The smallest absolute Gasteiger partial charge is 0.151 e. The predicted molar refractivity (Wildman–Crippen MR) is 116 cm³/mol. The molecule has 0 bridgehead atoms. The number of imidazole rings is 1. The van der Waals surface area contributed by atoms with Crippen molar-refractivity contribution in [3.05, 3.63) is 85.8 Å². The summed E-state index contributed by atoms with van der Waals surface area (Å²) in [4.78, 5) is 12.7. The lowest BCUT2D eigenvalue weighted by Gasteiger charge is -2.07. The summed E-state index contributed by atoms with van der Waals surface area (Å²) in [6, 6.07) is 18.1. The van der Waals surface area contributed by atoms with Crippen molar-refractivity contribution >= 4 is 16.9 Å². The molecule has 0 unspecified atom stereocenters. The average Bonchev–Trinajstić information content (AvgIpc) is 3.44. The summed E-state index contributed by atoms with van der Waals surface area (Å²) in [5, 5.41) is 0. The van der Waals surface area contributed by atoms with Gasteiger partial charge in [-0.1, -0.05) is 30.3 Å². The number of nitrogen functional groups attached to an aromatic ring is 1. The summed E-state index contributed by atoms with van der Waals surface area (Å²) in [5.41, 5.74) is 10.9. The zero-order valence-electron chi connectivity index (χ0n) is 16.2. The van der Waals surface area contributed by atoms with Crippen LogP contribution in [0.5, 0.6) is 5.75 Å². The molecule has 0 aliphatic heterocycles. The van der Waals surface area contributed by atoms with Crippen molar-refractivity contribution in [3.63, 3.8) is 0 Å². The minimum Gasteiger partial charge on any atom is -0.492 e. The molecule has 5 aromatic rings. The molecule has 0 aliphatic rings. The average molecular weight is 396 g/mol. The molecule has 0 radical (unpaired) electrons. The number of rotatable bonds is 6. The Morgan fingerprint density at radius 1 is 0.967 bits per heavy atom. The highest BCUT2D eigenvalue weighted by Crippen LogP contribution is 2.33. The Labute approximate surface area is 173 Å². The topological polar surface area (TPSA) is 83.8 Å². The summed E-state index contributed by atoms with van der Waals surface area (Å²) >= 11 is 0. The molecule has 0 fully saturated rings. The lowest BCUT2D eigenvalue weighted by atomic mass is 10.1. The molecule has 0 saturated carbocycles. The maximum Gasteiger partial charge on any atom is 0.151 e. The van der Waals surface area contributed by atoms with Crippen molar-refractivity contribution in [2.24, 2.45) is 0 Å². The summed E-state index contributed by atoms with van der Waals surface area (Å²) in [7, 11) is 0. The number of hydrogen-bond acceptors (Lipinski definition) is 5. The van der Waals surface area contributed by atoms with E-state index in [1.165, 1.54) is 6.33 Å². The van der Waals surface area contributed by atoms with E-state index in [2.05, 4.69) is 21.1 Å². The fourth-order valence-corrected chi connectivity index (χ4v) is 3.50. The molecule has 2 aromatic carbocycles. The third-order valence-corrected chi connectivity index (χ3v) is 4.98. The fourth-order valence-electron chi connectivity index (χ4n) is 3.50. The quantitative estimate of drug-likeness (QED) is 0.470. The monoisotopic (exact) mass is 396 g/mol. The first-order chi connectivity index (χ1) is 14.8. The summed E-state index contributed by atoms with van der Waals surface area (Å²) in [5.74, 6) is 1.27. The van der Waals surface area contributed by atoms with E-state index in [1.54, 1.807) is 12.5 Å². The van der Waals surface area contributed by atoms with Gasteiger partial charge in [0.15, 0.2) is 5.82 Å². The molecule has 7 heteroatoms. The van der Waals surface area contributed by atoms with Crippen molar-refractivity contribution in [1.29, 1.82) is 0 Å². The lowest BCUT2D eigenvalue weighted by molar-refractivity contribution is 0.298. The van der Waals surface area contributed by atoms with Crippen molar-refractivity contribution in [2.45, 2.75) is 6.54 Å². The summed E-state index contributed by atoms with van der Waals surface area (Å²) < 4.78 is 9.87. The summed E-state index contributed by atoms with van der Waals surface area (Å²) in [6.07, 6.45) is 9.02. The van der Waals surface area contributed by atoms with Crippen LogP contribution in [0.1, 0.15) is 0 Å². The molecule has 148 valence electrons. The minimum absolute atomic E-state index is 0.453. The standard InChI is InChI=1S/C23H20N6O/c24-23-22-21(26-15-27-23)20(14-29(22)18-4-2-1-3-5-18)17-6-8-19(9-7-17)30-13-12-28-11-10-25-16-28/h1-11,14-16H,12-13H2,(H2,24,26,27). The zero-order valence-corrected chi connectivity index (χ0v) is 16.2. The Kier molecular flexibility index (Phi) is 4.61. The SMILES string of the molecule is Nc1ncnc2c(-c3ccc(OCCn4ccnc4)cc3)cn(-c3ccccc3)c12. The van der Waals surface area contributed by atoms with Gasteiger partial charge in [0.2, 0.25) is 0 Å². The second-order valence-corrected chi connectivity index (χ2v) is 6.88. The number of anilines is 1. The van der Waals surface area contributed by atoms with Crippen LogP contribution in [0.4, 0.5) is 5.82 Å². The Morgan fingerprint density at radius 3 is 2.57 bits per heavy atom. The van der Waals surface area contributed by atoms with Gasteiger partial charge in [-0.05, 0) is 29.8 Å². The third-order valence-electron chi connectivity index (χ3n) is 4.98. The van der Waals surface area contributed by atoms with Crippen molar-refractivity contribution < 1.29 is 4.74 Å². The van der Waals surface area contributed by atoms with Gasteiger partial charge in [0.1, 0.15) is 29.7 Å². The van der Waals surface area contributed by atoms with E-state index in [9.17, 15) is 0 Å². The van der Waals surface area contributed by atoms with Crippen LogP contribution in [-0.2, 0) is 6.54 Å². The molecular weight excluding hydrogens is 376 g/mol. The van der Waals surface area contributed by atoms with E-state index in [4.69, 9.17) is 10.5 Å². The molecule has 7 nitrogen and oxygen atoms in total. The second-order valence-electron chi connectivity index (χ2n) is 6.88. The van der Waals surface area contributed by atoms with Gasteiger partial charge in [-0.2, -0.15) is 0 Å². The number of ether oxygens (including phenoxy) is 1. The number of nitrogens with two attached hydrogens (primary N) is 1. The van der Waals surface area contributed by atoms with E-state index in [0.717, 1.165) is 40.1 Å². The Morgan fingerprint density at radius 2 is 1.80 bits per heavy atom. The van der Waals surface area contributed by atoms with Crippen LogP contribution in [0.2, 0.25) is 0 Å². The third kappa shape index (κ3) is 3.37. The molecule has 0 amide bonds. The first kappa shape index (κ1) is 17.9. The maximum atomic E-state index is 6.21. The van der Waals surface area contributed by atoms with E-state index >= 15 is 0 Å². The van der Waals surface area contributed by atoms with Gasteiger partial charge in [0.05, 0.1) is 12.9 Å². The van der Waals surface area contributed by atoms with E-state index < -0.39 is 0 Å². The second kappa shape index (κ2) is 7.71. The van der Waals surface area contributed by atoms with Crippen LogP contribution in [-0.4, -0.2) is 30.7 Å². The van der Waals surface area contributed by atoms with Gasteiger partial charge < -0.3 is 19.6 Å². The van der Waals surface area contributed by atoms with Crippen molar-refractivity contribution in [1.82, 2.24) is 24.1 Å². The van der Waals surface area contributed by atoms with Crippen LogP contribution in [0.25, 0.3) is 27.8 Å². The first-order valence-corrected chi connectivity index (χ1v) is 9.65. The largest absolute Gasteiger partial charge is 0.492 e. The van der Waals surface area contributed by atoms with Gasteiger partial charge >= 0.3 is 0 Å². The van der Waals surface area contributed by atoms with Crippen LogP contribution < -0.4 is 10.5 Å². The normalized spacial score (nSPS) is 11.1. The molecule has 3 heterocycles. The Hall–Kier alpha value is -4.13. The molecule has 0 saturated heterocycles. The lowest BCUT2D eigenvalue weighted by Crippen LogP contribution is -2.06. The van der Waals surface area contributed by atoms with Crippen molar-refractivity contribution in [3.8, 4) is 22.6 Å². The van der Waals surface area contributed by atoms with Crippen LogP contribution in [0, 0.1) is 0 Å². The predicted octanol–water partition coefficient (Wildman–Crippen LogP) is 3.95. The molecule has 30 heavy (non-hydrogen) atoms. The van der Waals surface area contributed by atoms with Gasteiger partial charge in [-0.15, -0.1) is 0 Å². The number of hydrogen-bond donors (Lipinski definition) is 1. The van der Waals surface area contributed by atoms with Gasteiger partial charge in [-0.3, -0.25) is 0 Å². The van der Waals surface area contributed by atoms with Crippen molar-refractivity contribution in [2.75, 3.05) is 12.3 Å². The van der Waals surface area contributed by atoms with Crippen LogP contribution in [0.15, 0.2) is 85.8 Å². The highest BCUT2D eigenvalue weighted by Gasteiger charge is 2.15. The number of para-hydroxylation sites is 1. The first-order valence-electron chi connectivity index (χ1n) is 9.65. The van der Waals surface area contributed by atoms with E-state index in [0.29, 0.717) is 12.4 Å². The molecule has 0 atom stereocenters. The van der Waals surface area contributed by atoms with Gasteiger partial charge in [0, 0.05) is 29.8 Å². The van der Waals surface area contributed by atoms with Crippen LogP contribution >= 0.6 is 0 Å². The highest BCUT2D eigenvalue weighted by molar-refractivity contribution is 5.98. The van der Waals surface area contributed by atoms with E-state index in [-0.39, 0.29) is 0 Å². The summed E-state index contributed by atoms with van der Waals surface area (Å²) in [6.45, 7) is 1.33. The molecule has 0 aliphatic carbocycles. The van der Waals surface area contributed by atoms with Gasteiger partial charge in [0.25, 0.3) is 0 Å². The molecule has 0 spiro atoms.